The van der Waals surface area contributed by atoms with E-state index in [9.17, 15) is 0 Å². The molecule has 40 heavy (non-hydrogen) atoms. The number of benzene rings is 2. The van der Waals surface area contributed by atoms with Gasteiger partial charge in [-0.25, -0.2) is 9.36 Å². The van der Waals surface area contributed by atoms with E-state index in [4.69, 9.17) is 9.47 Å². The largest absolute Gasteiger partial charge is 0.497 e. The number of hydrogen-bond donors (Lipinski definition) is 0. The Kier molecular flexibility index (Phi) is 6.49. The van der Waals surface area contributed by atoms with Crippen molar-refractivity contribution in [2.75, 3.05) is 20.2 Å². The van der Waals surface area contributed by atoms with Crippen LogP contribution in [0.15, 0.2) is 73.6 Å². The fraction of sp³-hybridized carbons (Fsp3) is 0.367. The van der Waals surface area contributed by atoms with E-state index in [1.807, 2.05) is 53.5 Å². The molecule has 5 aromatic rings. The first-order chi connectivity index (χ1) is 19.7. The lowest BCUT2D eigenvalue weighted by Gasteiger charge is -2.51. The van der Waals surface area contributed by atoms with Crippen LogP contribution in [0.5, 0.6) is 5.75 Å². The van der Waals surface area contributed by atoms with Crippen molar-refractivity contribution >= 4 is 21.9 Å². The molecule has 1 unspecified atom stereocenters. The maximum Gasteiger partial charge on any atom is 0.137 e. The van der Waals surface area contributed by atoms with Gasteiger partial charge >= 0.3 is 0 Å². The minimum absolute atomic E-state index is 0.157. The van der Waals surface area contributed by atoms with E-state index in [-0.39, 0.29) is 12.1 Å². The molecule has 0 spiro atoms. The van der Waals surface area contributed by atoms with Crippen LogP contribution in [0.25, 0.3) is 21.9 Å². The second-order valence-electron chi connectivity index (χ2n) is 10.7. The molecule has 6 heterocycles. The van der Waals surface area contributed by atoms with Crippen molar-refractivity contribution < 1.29 is 9.47 Å². The molecule has 2 aromatic carbocycles. The van der Waals surface area contributed by atoms with Gasteiger partial charge in [-0.15, -0.1) is 16.8 Å². The number of hydrogen-bond acceptors (Lipinski definition) is 8. The minimum Gasteiger partial charge on any atom is -0.497 e. The first-order valence-corrected chi connectivity index (χ1v) is 13.8. The zero-order chi connectivity index (χ0) is 27.1. The van der Waals surface area contributed by atoms with Gasteiger partial charge in [0.25, 0.3) is 0 Å². The molecule has 0 radical (unpaired) electrons. The third-order valence-electron chi connectivity index (χ3n) is 8.49. The molecule has 3 fully saturated rings. The van der Waals surface area contributed by atoms with Gasteiger partial charge in [-0.05, 0) is 73.2 Å². The lowest BCUT2D eigenvalue weighted by atomic mass is 9.73. The molecule has 8 rings (SSSR count). The van der Waals surface area contributed by atoms with Crippen molar-refractivity contribution in [3.8, 4) is 5.75 Å². The molecule has 0 amide bonds. The van der Waals surface area contributed by atoms with Crippen LogP contribution in [0.2, 0.25) is 0 Å². The highest BCUT2D eigenvalue weighted by atomic mass is 16.5. The Morgan fingerprint density at radius 2 is 2.02 bits per heavy atom. The number of nitrogens with zero attached hydrogens (tertiary/aromatic N) is 8. The number of rotatable bonds is 9. The van der Waals surface area contributed by atoms with Crippen LogP contribution in [-0.2, 0) is 18.0 Å². The van der Waals surface area contributed by atoms with Gasteiger partial charge in [-0.1, -0.05) is 28.6 Å². The Bertz CT molecular complexity index is 1660. The standard InChI is InChI=1S/C30H32N8O2/c1-3-20-16-36-13-11-21(20)14-29(36)30(24-10-12-31-26-9-8-23(39-2)15-25(24)26)40-18-22-17-37(34-32-22)19-38-28-7-5-4-6-27(28)33-35-38/h3-10,12,15,17,20-21,29-30H,1,11,13-14,16,18-19H2,2H3/t20-,21-,29+,30+/m0/s1. The third kappa shape index (κ3) is 4.52. The van der Waals surface area contributed by atoms with Crippen LogP contribution in [0.4, 0.5) is 0 Å². The molecule has 10 heteroatoms. The molecule has 0 aliphatic carbocycles. The summed E-state index contributed by atoms with van der Waals surface area (Å²) in [4.78, 5) is 7.20. The summed E-state index contributed by atoms with van der Waals surface area (Å²) in [6.07, 6.45) is 8.05. The van der Waals surface area contributed by atoms with E-state index < -0.39 is 0 Å². The smallest absolute Gasteiger partial charge is 0.137 e. The van der Waals surface area contributed by atoms with Crippen molar-refractivity contribution in [2.45, 2.75) is 38.3 Å². The first-order valence-electron chi connectivity index (χ1n) is 13.8. The number of aromatic nitrogens is 7. The number of piperidine rings is 3. The van der Waals surface area contributed by atoms with Crippen molar-refractivity contribution in [3.05, 3.63) is 84.8 Å². The average molecular weight is 537 g/mol. The Hall–Kier alpha value is -4.15. The number of fused-ring (bicyclic) bond motifs is 5. The maximum atomic E-state index is 6.79. The summed E-state index contributed by atoms with van der Waals surface area (Å²) in [5.74, 6) is 1.97. The van der Waals surface area contributed by atoms with Crippen molar-refractivity contribution in [1.29, 1.82) is 0 Å². The van der Waals surface area contributed by atoms with Gasteiger partial charge in [0.2, 0.25) is 0 Å². The number of pyridine rings is 1. The Labute approximate surface area is 232 Å². The summed E-state index contributed by atoms with van der Waals surface area (Å²) in [6.45, 7) is 6.97. The summed E-state index contributed by atoms with van der Waals surface area (Å²) >= 11 is 0. The van der Waals surface area contributed by atoms with Crippen LogP contribution in [0, 0.1) is 11.8 Å². The van der Waals surface area contributed by atoms with E-state index in [1.165, 1.54) is 6.42 Å². The quantitative estimate of drug-likeness (QED) is 0.258. The van der Waals surface area contributed by atoms with Crippen molar-refractivity contribution in [3.63, 3.8) is 0 Å². The summed E-state index contributed by atoms with van der Waals surface area (Å²) in [5, 5.41) is 18.3. The molecule has 3 saturated heterocycles. The van der Waals surface area contributed by atoms with Crippen LogP contribution >= 0.6 is 0 Å². The van der Waals surface area contributed by atoms with Gasteiger partial charge in [-0.2, -0.15) is 0 Å². The zero-order valence-electron chi connectivity index (χ0n) is 22.5. The molecule has 10 nitrogen and oxygen atoms in total. The van der Waals surface area contributed by atoms with Crippen LogP contribution in [0.1, 0.15) is 30.2 Å². The summed E-state index contributed by atoms with van der Waals surface area (Å²) in [5.41, 5.74) is 4.63. The SMILES string of the molecule is C=C[C@H]1CN2CC[C@H]1C[C@@H]2[C@H](OCc1cn(Cn2nnc3ccccc32)nn1)c1ccnc2ccc(OC)cc12. The highest BCUT2D eigenvalue weighted by Gasteiger charge is 2.43. The van der Waals surface area contributed by atoms with Crippen molar-refractivity contribution in [1.82, 2.24) is 39.9 Å². The number of para-hydroxylation sites is 1. The number of ether oxygens (including phenoxy) is 2. The summed E-state index contributed by atoms with van der Waals surface area (Å²) in [7, 11) is 1.69. The number of methoxy groups -OCH3 is 1. The third-order valence-corrected chi connectivity index (χ3v) is 8.49. The maximum absolute atomic E-state index is 6.79. The van der Waals surface area contributed by atoms with E-state index in [1.54, 1.807) is 11.8 Å². The average Bonchev–Trinajstić information content (AvgIpc) is 3.64. The predicted molar refractivity (Wildman–Crippen MR) is 151 cm³/mol. The first kappa shape index (κ1) is 24.9. The lowest BCUT2D eigenvalue weighted by molar-refractivity contribution is -0.0809. The van der Waals surface area contributed by atoms with Crippen LogP contribution in [-0.4, -0.2) is 66.1 Å². The predicted octanol–water partition coefficient (Wildman–Crippen LogP) is 4.24. The van der Waals surface area contributed by atoms with Gasteiger partial charge in [0, 0.05) is 24.2 Å². The fourth-order valence-corrected chi connectivity index (χ4v) is 6.43. The van der Waals surface area contributed by atoms with Gasteiger partial charge in [0.15, 0.2) is 0 Å². The van der Waals surface area contributed by atoms with Crippen LogP contribution in [0.3, 0.4) is 0 Å². The van der Waals surface area contributed by atoms with E-state index in [0.717, 1.165) is 58.5 Å². The molecular formula is C30H32N8O2. The van der Waals surface area contributed by atoms with Gasteiger partial charge in [0.1, 0.15) is 23.6 Å². The normalized spacial score (nSPS) is 23.0. The monoisotopic (exact) mass is 536 g/mol. The highest BCUT2D eigenvalue weighted by Crippen LogP contribution is 2.44. The summed E-state index contributed by atoms with van der Waals surface area (Å²) < 4.78 is 15.9. The van der Waals surface area contributed by atoms with E-state index in [0.29, 0.717) is 25.1 Å². The molecule has 5 atom stereocenters. The van der Waals surface area contributed by atoms with E-state index in [2.05, 4.69) is 55.3 Å². The highest BCUT2D eigenvalue weighted by molar-refractivity contribution is 5.84. The topological polar surface area (TPSA) is 96.0 Å². The Morgan fingerprint density at radius 3 is 2.88 bits per heavy atom. The fourth-order valence-electron chi connectivity index (χ4n) is 6.43. The molecule has 0 N–H and O–H groups in total. The lowest BCUT2D eigenvalue weighted by Crippen LogP contribution is -2.55. The van der Waals surface area contributed by atoms with Gasteiger partial charge in [0.05, 0.1) is 37.1 Å². The second-order valence-corrected chi connectivity index (χ2v) is 10.7. The van der Waals surface area contributed by atoms with Crippen LogP contribution < -0.4 is 4.74 Å². The molecule has 3 aromatic heterocycles. The second kappa shape index (κ2) is 10.4. The Morgan fingerprint density at radius 1 is 1.10 bits per heavy atom. The molecule has 3 aliphatic heterocycles. The molecule has 0 saturated carbocycles. The molecule has 204 valence electrons. The minimum atomic E-state index is -0.157. The zero-order valence-corrected chi connectivity index (χ0v) is 22.5. The molecule has 2 bridgehead atoms. The van der Waals surface area contributed by atoms with E-state index >= 15 is 0 Å². The van der Waals surface area contributed by atoms with Crippen molar-refractivity contribution in [2.24, 2.45) is 11.8 Å². The van der Waals surface area contributed by atoms with Gasteiger partial charge < -0.3 is 9.47 Å². The Balaban J connectivity index is 1.17. The summed E-state index contributed by atoms with van der Waals surface area (Å²) in [6, 6.07) is 16.2. The molecular weight excluding hydrogens is 504 g/mol. The molecule has 3 aliphatic rings. The van der Waals surface area contributed by atoms with Gasteiger partial charge in [-0.3, -0.25) is 9.88 Å².